The van der Waals surface area contributed by atoms with Gasteiger partial charge in [0, 0.05) is 27.5 Å². The van der Waals surface area contributed by atoms with Crippen molar-refractivity contribution in [1.29, 1.82) is 0 Å². The van der Waals surface area contributed by atoms with Crippen molar-refractivity contribution in [3.63, 3.8) is 0 Å². The van der Waals surface area contributed by atoms with E-state index in [1.165, 1.54) is 43.7 Å². The van der Waals surface area contributed by atoms with E-state index in [0.717, 1.165) is 45.2 Å². The van der Waals surface area contributed by atoms with Gasteiger partial charge in [0.05, 0.1) is 16.7 Å². The summed E-state index contributed by atoms with van der Waals surface area (Å²) in [6, 6.07) is 68.7. The van der Waals surface area contributed by atoms with E-state index in [4.69, 9.17) is 9.98 Å². The highest BCUT2D eigenvalue weighted by atomic mass is 15.2. The smallest absolute Gasteiger partial charge is 0.169 e. The largest absolute Gasteiger partial charge is 0.324 e. The second-order valence-corrected chi connectivity index (χ2v) is 13.4. The van der Waals surface area contributed by atoms with Gasteiger partial charge in [-0.2, -0.15) is 0 Å². The first-order valence-corrected chi connectivity index (χ1v) is 18.0. The highest BCUT2D eigenvalue weighted by Crippen LogP contribution is 2.39. The molecule has 250 valence electrons. The number of hydrogen-bond acceptors (Lipinski definition) is 3. The van der Waals surface area contributed by atoms with Gasteiger partial charge in [0.25, 0.3) is 0 Å². The van der Waals surface area contributed by atoms with Crippen molar-refractivity contribution in [2.75, 3.05) is 0 Å². The van der Waals surface area contributed by atoms with Crippen molar-refractivity contribution >= 4 is 44.2 Å². The number of benzene rings is 8. The van der Waals surface area contributed by atoms with Gasteiger partial charge < -0.3 is 9.88 Å². The Kier molecular flexibility index (Phi) is 7.51. The van der Waals surface area contributed by atoms with E-state index in [9.17, 15) is 0 Å². The molecular formula is C49H34N4. The highest BCUT2D eigenvalue weighted by molar-refractivity contribution is 6.21. The number of rotatable bonds is 6. The maximum Gasteiger partial charge on any atom is 0.169 e. The average Bonchev–Trinajstić information content (AvgIpc) is 3.59. The number of aliphatic imine (C=N–C) groups is 2. The SMILES string of the molecule is c1ccc(C2=NC(c3ccc(-c4ccccc4-n4c5ccccc5c5c6ccccc6ccc54)cc3)N=C(c3ccc(-c4ccccc4)cc3)N2)cc1. The lowest BCUT2D eigenvalue weighted by Gasteiger charge is -2.22. The Hall–Kier alpha value is -7.04. The summed E-state index contributed by atoms with van der Waals surface area (Å²) < 4.78 is 2.42. The molecule has 0 saturated heterocycles. The third-order valence-corrected chi connectivity index (χ3v) is 10.3. The van der Waals surface area contributed by atoms with Gasteiger partial charge in [0.15, 0.2) is 6.17 Å². The summed E-state index contributed by atoms with van der Waals surface area (Å²) in [6.07, 6.45) is -0.398. The van der Waals surface area contributed by atoms with Gasteiger partial charge in [0.2, 0.25) is 0 Å². The molecule has 10 rings (SSSR count). The molecule has 0 fully saturated rings. The Bertz CT molecular complexity index is 2830. The van der Waals surface area contributed by atoms with Crippen LogP contribution in [-0.4, -0.2) is 16.2 Å². The van der Waals surface area contributed by atoms with E-state index in [0.29, 0.717) is 0 Å². The molecule has 0 saturated carbocycles. The molecule has 1 aliphatic rings. The van der Waals surface area contributed by atoms with Gasteiger partial charge in [-0.05, 0) is 51.2 Å². The van der Waals surface area contributed by atoms with Crippen molar-refractivity contribution in [3.05, 3.63) is 211 Å². The molecule has 0 radical (unpaired) electrons. The van der Waals surface area contributed by atoms with Gasteiger partial charge in [0.1, 0.15) is 11.7 Å². The van der Waals surface area contributed by atoms with Gasteiger partial charge in [-0.1, -0.05) is 176 Å². The molecule has 1 unspecified atom stereocenters. The quantitative estimate of drug-likeness (QED) is 0.187. The molecule has 4 heteroatoms. The molecule has 0 spiro atoms. The molecule has 1 aromatic heterocycles. The van der Waals surface area contributed by atoms with E-state index in [-0.39, 0.29) is 0 Å². The summed E-state index contributed by atoms with van der Waals surface area (Å²) in [7, 11) is 0. The molecule has 1 atom stereocenters. The number of nitrogens with one attached hydrogen (secondary N) is 1. The minimum Gasteiger partial charge on any atom is -0.324 e. The first-order chi connectivity index (χ1) is 26.3. The van der Waals surface area contributed by atoms with Crippen molar-refractivity contribution in [2.45, 2.75) is 6.17 Å². The Morgan fingerprint density at radius 3 is 1.70 bits per heavy atom. The first-order valence-electron chi connectivity index (χ1n) is 18.0. The zero-order valence-corrected chi connectivity index (χ0v) is 28.9. The predicted molar refractivity (Wildman–Crippen MR) is 221 cm³/mol. The predicted octanol–water partition coefficient (Wildman–Crippen LogP) is 11.8. The van der Waals surface area contributed by atoms with Crippen LogP contribution in [0.3, 0.4) is 0 Å². The first kappa shape index (κ1) is 30.8. The average molecular weight is 679 g/mol. The van der Waals surface area contributed by atoms with Crippen LogP contribution in [0, 0.1) is 0 Å². The van der Waals surface area contributed by atoms with Gasteiger partial charge in [-0.15, -0.1) is 0 Å². The summed E-state index contributed by atoms with van der Waals surface area (Å²) in [5.41, 5.74) is 11.3. The lowest BCUT2D eigenvalue weighted by Crippen LogP contribution is -2.36. The van der Waals surface area contributed by atoms with E-state index in [2.05, 4.69) is 180 Å². The number of amidine groups is 2. The second kappa shape index (κ2) is 12.9. The third kappa shape index (κ3) is 5.49. The standard InChI is InChI=1S/C49H34N4/c1-3-13-33(14-4-1)34-23-27-38(28-24-34)48-50-47(37-16-5-2-6-17-37)51-49(52-48)39-29-25-36(26-30-39)40-18-9-11-21-43(40)53-44-22-12-10-20-42(44)46-41-19-8-7-15-35(41)31-32-45(46)53/h1-32,49H,(H,50,51,52). The zero-order chi connectivity index (χ0) is 35.1. The molecular weight excluding hydrogens is 645 g/mol. The number of hydrogen-bond donors (Lipinski definition) is 1. The zero-order valence-electron chi connectivity index (χ0n) is 28.9. The Morgan fingerprint density at radius 2 is 0.943 bits per heavy atom. The van der Waals surface area contributed by atoms with Crippen LogP contribution in [0.5, 0.6) is 0 Å². The summed E-state index contributed by atoms with van der Waals surface area (Å²) >= 11 is 0. The summed E-state index contributed by atoms with van der Waals surface area (Å²) in [5, 5.41) is 8.60. The molecule has 9 aromatic rings. The van der Waals surface area contributed by atoms with Crippen LogP contribution in [0.15, 0.2) is 204 Å². The molecule has 1 aliphatic heterocycles. The monoisotopic (exact) mass is 678 g/mol. The van der Waals surface area contributed by atoms with Crippen LogP contribution in [0.2, 0.25) is 0 Å². The van der Waals surface area contributed by atoms with Crippen LogP contribution >= 0.6 is 0 Å². The molecule has 4 nitrogen and oxygen atoms in total. The van der Waals surface area contributed by atoms with Gasteiger partial charge in [-0.25, -0.2) is 9.98 Å². The van der Waals surface area contributed by atoms with Crippen LogP contribution in [0.4, 0.5) is 0 Å². The molecule has 0 bridgehead atoms. The fourth-order valence-corrected chi connectivity index (χ4v) is 7.69. The molecule has 0 aliphatic carbocycles. The minimum atomic E-state index is -0.398. The van der Waals surface area contributed by atoms with Crippen molar-refractivity contribution in [1.82, 2.24) is 9.88 Å². The number of nitrogens with zero attached hydrogens (tertiary/aromatic N) is 3. The maximum absolute atomic E-state index is 5.17. The second-order valence-electron chi connectivity index (χ2n) is 13.4. The molecule has 53 heavy (non-hydrogen) atoms. The third-order valence-electron chi connectivity index (χ3n) is 10.3. The number of para-hydroxylation sites is 2. The van der Waals surface area contributed by atoms with E-state index >= 15 is 0 Å². The molecule has 0 amide bonds. The normalized spacial score (nSPS) is 14.2. The Balaban J connectivity index is 1.05. The minimum absolute atomic E-state index is 0.398. The van der Waals surface area contributed by atoms with E-state index in [1.807, 2.05) is 24.3 Å². The summed E-state index contributed by atoms with van der Waals surface area (Å²) in [5.74, 6) is 1.61. The van der Waals surface area contributed by atoms with Crippen LogP contribution < -0.4 is 5.32 Å². The van der Waals surface area contributed by atoms with Crippen molar-refractivity contribution < 1.29 is 0 Å². The highest BCUT2D eigenvalue weighted by Gasteiger charge is 2.22. The number of aromatic nitrogens is 1. The van der Waals surface area contributed by atoms with Crippen LogP contribution in [0.25, 0.3) is 60.5 Å². The lowest BCUT2D eigenvalue weighted by atomic mass is 10.0. The topological polar surface area (TPSA) is 41.7 Å². The number of fused-ring (bicyclic) bond motifs is 5. The summed E-state index contributed by atoms with van der Waals surface area (Å²) in [6.45, 7) is 0. The Labute approximate surface area is 308 Å². The maximum atomic E-state index is 5.17. The lowest BCUT2D eigenvalue weighted by molar-refractivity contribution is 0.756. The van der Waals surface area contributed by atoms with E-state index in [1.54, 1.807) is 0 Å². The van der Waals surface area contributed by atoms with Gasteiger partial charge >= 0.3 is 0 Å². The van der Waals surface area contributed by atoms with Gasteiger partial charge in [-0.3, -0.25) is 0 Å². The van der Waals surface area contributed by atoms with Crippen molar-refractivity contribution in [2.24, 2.45) is 9.98 Å². The van der Waals surface area contributed by atoms with Crippen LogP contribution in [-0.2, 0) is 0 Å². The molecule has 2 heterocycles. The van der Waals surface area contributed by atoms with Crippen LogP contribution in [0.1, 0.15) is 22.9 Å². The molecule has 8 aromatic carbocycles. The van der Waals surface area contributed by atoms with E-state index < -0.39 is 6.17 Å². The fraction of sp³-hybridized carbons (Fsp3) is 0.0204. The summed E-state index contributed by atoms with van der Waals surface area (Å²) in [4.78, 5) is 10.3. The Morgan fingerprint density at radius 1 is 0.396 bits per heavy atom. The molecule has 1 N–H and O–H groups in total. The van der Waals surface area contributed by atoms with Crippen molar-refractivity contribution in [3.8, 4) is 27.9 Å². The fourth-order valence-electron chi connectivity index (χ4n) is 7.69.